The first-order valence-corrected chi connectivity index (χ1v) is 8.22. The van der Waals surface area contributed by atoms with Gasteiger partial charge < -0.3 is 19.7 Å². The molecule has 2 saturated heterocycles. The monoisotopic (exact) mass is 290 g/mol. The number of anilines is 1. The Morgan fingerprint density at radius 1 is 1.14 bits per heavy atom. The Balaban J connectivity index is 1.46. The zero-order valence-corrected chi connectivity index (χ0v) is 12.7. The van der Waals surface area contributed by atoms with Crippen molar-refractivity contribution >= 4 is 5.69 Å². The van der Waals surface area contributed by atoms with Gasteiger partial charge in [-0.05, 0) is 50.1 Å². The Morgan fingerprint density at radius 2 is 2.05 bits per heavy atom. The highest BCUT2D eigenvalue weighted by atomic mass is 16.5. The van der Waals surface area contributed by atoms with E-state index in [4.69, 9.17) is 9.47 Å². The van der Waals surface area contributed by atoms with E-state index in [1.165, 1.54) is 24.9 Å². The lowest BCUT2D eigenvalue weighted by Gasteiger charge is -2.22. The molecule has 4 heteroatoms. The molecule has 4 nitrogen and oxygen atoms in total. The second-order valence-electron chi connectivity index (χ2n) is 5.86. The van der Waals surface area contributed by atoms with Crippen LogP contribution in [0.2, 0.25) is 0 Å². The van der Waals surface area contributed by atoms with Gasteiger partial charge in [0, 0.05) is 38.3 Å². The van der Waals surface area contributed by atoms with Crippen LogP contribution in [-0.2, 0) is 4.74 Å². The minimum absolute atomic E-state index is 0.411. The highest BCUT2D eigenvalue weighted by molar-refractivity contribution is 5.49. The molecule has 2 aliphatic rings. The van der Waals surface area contributed by atoms with Crippen LogP contribution in [0.25, 0.3) is 0 Å². The van der Waals surface area contributed by atoms with Gasteiger partial charge in [-0.3, -0.25) is 0 Å². The van der Waals surface area contributed by atoms with E-state index in [-0.39, 0.29) is 0 Å². The third kappa shape index (κ3) is 4.35. The molecule has 2 heterocycles. The van der Waals surface area contributed by atoms with Crippen molar-refractivity contribution in [2.75, 3.05) is 44.3 Å². The van der Waals surface area contributed by atoms with Gasteiger partial charge in [0.25, 0.3) is 0 Å². The summed E-state index contributed by atoms with van der Waals surface area (Å²) in [5, 5.41) is 3.43. The van der Waals surface area contributed by atoms with Crippen LogP contribution in [-0.4, -0.2) is 45.5 Å². The van der Waals surface area contributed by atoms with Crippen molar-refractivity contribution in [3.05, 3.63) is 24.3 Å². The van der Waals surface area contributed by atoms with Crippen molar-refractivity contribution in [3.8, 4) is 5.75 Å². The standard InChI is InChI=1S/C17H26N2O2/c1-3-16(20-13-1)8-14-21-17-6-4-15(5-7-17)19-11-2-9-18-10-12-19/h4-7,16,18H,1-3,8-14H2. The molecule has 1 aromatic carbocycles. The van der Waals surface area contributed by atoms with Gasteiger partial charge >= 0.3 is 0 Å². The molecule has 0 amide bonds. The first-order chi connectivity index (χ1) is 10.4. The van der Waals surface area contributed by atoms with Crippen molar-refractivity contribution < 1.29 is 9.47 Å². The van der Waals surface area contributed by atoms with E-state index >= 15 is 0 Å². The molecule has 0 aliphatic carbocycles. The Morgan fingerprint density at radius 3 is 2.86 bits per heavy atom. The first kappa shape index (κ1) is 14.7. The zero-order valence-electron chi connectivity index (χ0n) is 12.7. The summed E-state index contributed by atoms with van der Waals surface area (Å²) in [4.78, 5) is 2.44. The molecule has 3 rings (SSSR count). The van der Waals surface area contributed by atoms with Crippen molar-refractivity contribution in [2.24, 2.45) is 0 Å². The molecule has 0 saturated carbocycles. The quantitative estimate of drug-likeness (QED) is 0.903. The summed E-state index contributed by atoms with van der Waals surface area (Å²) in [6, 6.07) is 8.52. The lowest BCUT2D eigenvalue weighted by Crippen LogP contribution is -2.27. The maximum atomic E-state index is 5.82. The highest BCUT2D eigenvalue weighted by Gasteiger charge is 2.15. The molecule has 1 atom stereocenters. The normalized spacial score (nSPS) is 23.0. The molecular weight excluding hydrogens is 264 g/mol. The van der Waals surface area contributed by atoms with Crippen LogP contribution < -0.4 is 15.0 Å². The molecule has 0 aromatic heterocycles. The van der Waals surface area contributed by atoms with Gasteiger partial charge in [-0.1, -0.05) is 0 Å². The van der Waals surface area contributed by atoms with E-state index in [1.54, 1.807) is 0 Å². The lowest BCUT2D eigenvalue weighted by molar-refractivity contribution is 0.0903. The molecule has 0 radical (unpaired) electrons. The van der Waals surface area contributed by atoms with Gasteiger partial charge in [-0.25, -0.2) is 0 Å². The molecule has 2 fully saturated rings. The maximum absolute atomic E-state index is 5.82. The Kier molecular flexibility index (Phi) is 5.35. The number of rotatable bonds is 5. The summed E-state index contributed by atoms with van der Waals surface area (Å²) in [6.45, 7) is 6.08. The number of hydrogen-bond acceptors (Lipinski definition) is 4. The van der Waals surface area contributed by atoms with E-state index in [0.29, 0.717) is 6.10 Å². The SMILES string of the molecule is c1cc(N2CCCNCC2)ccc1OCCC1CCCO1. The minimum atomic E-state index is 0.411. The maximum Gasteiger partial charge on any atom is 0.119 e. The fourth-order valence-electron chi connectivity index (χ4n) is 3.04. The van der Waals surface area contributed by atoms with Crippen LogP contribution >= 0.6 is 0 Å². The third-order valence-electron chi connectivity index (χ3n) is 4.27. The fraction of sp³-hybridized carbons (Fsp3) is 0.647. The molecule has 1 aromatic rings. The summed E-state index contributed by atoms with van der Waals surface area (Å²) in [5.74, 6) is 0.963. The topological polar surface area (TPSA) is 33.7 Å². The minimum Gasteiger partial charge on any atom is -0.493 e. The summed E-state index contributed by atoms with van der Waals surface area (Å²) in [7, 11) is 0. The van der Waals surface area contributed by atoms with Gasteiger partial charge in [-0.15, -0.1) is 0 Å². The molecule has 0 bridgehead atoms. The highest BCUT2D eigenvalue weighted by Crippen LogP contribution is 2.21. The van der Waals surface area contributed by atoms with Gasteiger partial charge in [0.15, 0.2) is 0 Å². The number of nitrogens with zero attached hydrogens (tertiary/aromatic N) is 1. The molecule has 21 heavy (non-hydrogen) atoms. The Hall–Kier alpha value is -1.26. The van der Waals surface area contributed by atoms with Crippen molar-refractivity contribution in [1.29, 1.82) is 0 Å². The number of benzene rings is 1. The Labute approximate surface area is 127 Å². The van der Waals surface area contributed by atoms with Crippen LogP contribution in [0.5, 0.6) is 5.75 Å². The molecule has 2 aliphatic heterocycles. The predicted molar refractivity (Wildman–Crippen MR) is 85.2 cm³/mol. The van der Waals surface area contributed by atoms with Crippen molar-refractivity contribution in [2.45, 2.75) is 31.8 Å². The van der Waals surface area contributed by atoms with Crippen LogP contribution in [0.4, 0.5) is 5.69 Å². The number of hydrogen-bond donors (Lipinski definition) is 1. The average Bonchev–Trinajstić information content (AvgIpc) is 2.88. The second kappa shape index (κ2) is 7.66. The first-order valence-electron chi connectivity index (χ1n) is 8.22. The van der Waals surface area contributed by atoms with Gasteiger partial charge in [-0.2, -0.15) is 0 Å². The van der Waals surface area contributed by atoms with Crippen molar-refractivity contribution in [3.63, 3.8) is 0 Å². The van der Waals surface area contributed by atoms with Crippen LogP contribution in [0, 0.1) is 0 Å². The second-order valence-corrected chi connectivity index (χ2v) is 5.86. The summed E-state index contributed by atoms with van der Waals surface area (Å²) in [6.07, 6.45) is 5.00. The van der Waals surface area contributed by atoms with E-state index in [2.05, 4.69) is 34.5 Å². The average molecular weight is 290 g/mol. The van der Waals surface area contributed by atoms with Gasteiger partial charge in [0.1, 0.15) is 5.75 Å². The largest absolute Gasteiger partial charge is 0.493 e. The summed E-state index contributed by atoms with van der Waals surface area (Å²) >= 11 is 0. The van der Waals surface area contributed by atoms with E-state index in [0.717, 1.165) is 51.6 Å². The fourth-order valence-corrected chi connectivity index (χ4v) is 3.04. The van der Waals surface area contributed by atoms with E-state index in [9.17, 15) is 0 Å². The number of nitrogens with one attached hydrogen (secondary N) is 1. The van der Waals surface area contributed by atoms with Crippen molar-refractivity contribution in [1.82, 2.24) is 5.32 Å². The van der Waals surface area contributed by atoms with Crippen LogP contribution in [0.15, 0.2) is 24.3 Å². The predicted octanol–water partition coefficient (Wildman–Crippen LogP) is 2.43. The molecular formula is C17H26N2O2. The molecule has 116 valence electrons. The molecule has 1 N–H and O–H groups in total. The lowest BCUT2D eigenvalue weighted by atomic mass is 10.2. The third-order valence-corrected chi connectivity index (χ3v) is 4.27. The summed E-state index contributed by atoms with van der Waals surface area (Å²) < 4.78 is 11.4. The molecule has 0 spiro atoms. The van der Waals surface area contributed by atoms with Crippen LogP contribution in [0.3, 0.4) is 0 Å². The smallest absolute Gasteiger partial charge is 0.119 e. The summed E-state index contributed by atoms with van der Waals surface area (Å²) in [5.41, 5.74) is 1.30. The van der Waals surface area contributed by atoms with Gasteiger partial charge in [0.2, 0.25) is 0 Å². The Bertz CT molecular complexity index is 407. The number of ether oxygens (including phenoxy) is 2. The van der Waals surface area contributed by atoms with E-state index < -0.39 is 0 Å². The zero-order chi connectivity index (χ0) is 14.3. The molecule has 1 unspecified atom stereocenters. The van der Waals surface area contributed by atoms with Gasteiger partial charge in [0.05, 0.1) is 12.7 Å². The van der Waals surface area contributed by atoms with E-state index in [1.807, 2.05) is 0 Å². The van der Waals surface area contributed by atoms with Crippen LogP contribution in [0.1, 0.15) is 25.7 Å².